The third kappa shape index (κ3) is 4.05. The first-order valence-corrected chi connectivity index (χ1v) is 7.34. The van der Waals surface area contributed by atoms with Crippen LogP contribution in [0.5, 0.6) is 5.75 Å². The number of hydrogen-bond acceptors (Lipinski definition) is 7. The van der Waals surface area contributed by atoms with E-state index in [0.717, 1.165) is 19.8 Å². The van der Waals surface area contributed by atoms with Crippen LogP contribution in [-0.2, 0) is 29.8 Å². The van der Waals surface area contributed by atoms with Crippen molar-refractivity contribution in [3.05, 3.63) is 29.8 Å². The summed E-state index contributed by atoms with van der Waals surface area (Å²) >= 11 is 0. The van der Waals surface area contributed by atoms with Crippen LogP contribution in [0.25, 0.3) is 0 Å². The van der Waals surface area contributed by atoms with Crippen molar-refractivity contribution in [1.82, 2.24) is 0 Å². The fourth-order valence-corrected chi connectivity index (χ4v) is 2.33. The van der Waals surface area contributed by atoms with Crippen LogP contribution in [0.3, 0.4) is 0 Å². The molecule has 0 saturated heterocycles. The lowest BCUT2D eigenvalue weighted by molar-refractivity contribution is -0.144. The molecule has 0 bridgehead atoms. The summed E-state index contributed by atoms with van der Waals surface area (Å²) in [5.41, 5.74) is 6.27. The van der Waals surface area contributed by atoms with Crippen molar-refractivity contribution in [3.63, 3.8) is 0 Å². The number of rotatable bonds is 7. The Morgan fingerprint density at radius 1 is 1.20 bits per heavy atom. The van der Waals surface area contributed by atoms with Crippen LogP contribution >= 0.6 is 7.60 Å². The van der Waals surface area contributed by atoms with Crippen LogP contribution in [0, 0.1) is 0 Å². The van der Waals surface area contributed by atoms with Gasteiger partial charge in [-0.05, 0) is 17.7 Å². The number of carbonyl (C=O) groups is 1. The molecule has 112 valence electrons. The molecule has 0 aliphatic heterocycles. The highest BCUT2D eigenvalue weighted by molar-refractivity contribution is 7.55. The van der Waals surface area contributed by atoms with Crippen molar-refractivity contribution in [2.24, 2.45) is 5.73 Å². The van der Waals surface area contributed by atoms with Crippen LogP contribution in [-0.4, -0.2) is 33.1 Å². The van der Waals surface area contributed by atoms with E-state index >= 15 is 0 Å². The summed E-state index contributed by atoms with van der Waals surface area (Å²) in [6.45, 7) is 0.00392. The van der Waals surface area contributed by atoms with Crippen molar-refractivity contribution >= 4 is 13.6 Å². The molecule has 7 nitrogen and oxygen atoms in total. The molecular weight excluding hydrogens is 285 g/mol. The summed E-state index contributed by atoms with van der Waals surface area (Å²) in [6, 6.07) is 6.95. The highest BCUT2D eigenvalue weighted by atomic mass is 31.2. The smallest absolute Gasteiger partial charge is 0.358 e. The third-order valence-electron chi connectivity index (χ3n) is 2.63. The Balaban J connectivity index is 2.60. The molecule has 8 heteroatoms. The Morgan fingerprint density at radius 2 is 1.75 bits per heavy atom. The molecule has 2 N–H and O–H groups in total. The Kier molecular flexibility index (Phi) is 6.16. The average Bonchev–Trinajstić information content (AvgIpc) is 2.51. The van der Waals surface area contributed by atoms with Gasteiger partial charge in [-0.2, -0.15) is 0 Å². The zero-order chi connectivity index (χ0) is 15.2. The Bertz CT molecular complexity index is 481. The molecule has 0 aliphatic carbocycles. The van der Waals surface area contributed by atoms with Gasteiger partial charge in [0.05, 0.1) is 7.11 Å². The predicted molar refractivity (Wildman–Crippen MR) is 72.4 cm³/mol. The maximum absolute atomic E-state index is 11.9. The van der Waals surface area contributed by atoms with Gasteiger partial charge in [0, 0.05) is 14.2 Å². The topological polar surface area (TPSA) is 97.1 Å². The second-order valence-electron chi connectivity index (χ2n) is 3.81. The van der Waals surface area contributed by atoms with Gasteiger partial charge in [-0.15, -0.1) is 0 Å². The number of ether oxygens (including phenoxy) is 2. The fourth-order valence-electron chi connectivity index (χ4n) is 1.39. The molecule has 1 unspecified atom stereocenters. The molecule has 1 rings (SSSR count). The second-order valence-corrected chi connectivity index (χ2v) is 6.17. The first-order chi connectivity index (χ1) is 9.46. The van der Waals surface area contributed by atoms with E-state index in [-0.39, 0.29) is 6.61 Å². The minimum atomic E-state index is -3.68. The van der Waals surface area contributed by atoms with Crippen molar-refractivity contribution in [1.29, 1.82) is 0 Å². The Hall–Kier alpha value is -1.40. The minimum Gasteiger partial charge on any atom is -0.497 e. The quantitative estimate of drug-likeness (QED) is 0.602. The largest absolute Gasteiger partial charge is 0.497 e. The van der Waals surface area contributed by atoms with Crippen molar-refractivity contribution < 1.29 is 27.9 Å². The van der Waals surface area contributed by atoms with E-state index in [1.54, 1.807) is 31.4 Å². The van der Waals surface area contributed by atoms with Crippen LogP contribution in [0.15, 0.2) is 24.3 Å². The molecule has 0 heterocycles. The van der Waals surface area contributed by atoms with Crippen molar-refractivity contribution in [2.45, 2.75) is 12.4 Å². The SMILES string of the molecule is COc1ccc(COC(=O)C(N)P(=O)(OC)OC)cc1. The summed E-state index contributed by atoms with van der Waals surface area (Å²) in [7, 11) is 0.185. The van der Waals surface area contributed by atoms with Gasteiger partial charge in [0.15, 0.2) is 0 Å². The standard InChI is InChI=1S/C12H18NO6P/c1-16-10-6-4-9(5-7-10)8-19-12(14)11(13)20(15,17-2)18-3/h4-7,11H,8,13H2,1-3H3. The van der Waals surface area contributed by atoms with Crippen molar-refractivity contribution in [2.75, 3.05) is 21.3 Å². The van der Waals surface area contributed by atoms with Crippen LogP contribution in [0.2, 0.25) is 0 Å². The van der Waals surface area contributed by atoms with Gasteiger partial charge in [0.25, 0.3) is 0 Å². The van der Waals surface area contributed by atoms with Gasteiger partial charge < -0.3 is 24.3 Å². The van der Waals surface area contributed by atoms with Gasteiger partial charge in [-0.3, -0.25) is 4.57 Å². The van der Waals surface area contributed by atoms with E-state index in [1.165, 1.54) is 0 Å². The molecular formula is C12H18NO6P. The van der Waals surface area contributed by atoms with Crippen LogP contribution in [0.1, 0.15) is 5.56 Å². The first kappa shape index (κ1) is 16.7. The molecule has 0 aliphatic rings. The monoisotopic (exact) mass is 303 g/mol. The van der Waals surface area contributed by atoms with Gasteiger partial charge in [-0.1, -0.05) is 12.1 Å². The molecule has 0 saturated carbocycles. The van der Waals surface area contributed by atoms with Gasteiger partial charge >= 0.3 is 13.6 Å². The van der Waals surface area contributed by atoms with Crippen LogP contribution in [0.4, 0.5) is 0 Å². The normalized spacial score (nSPS) is 12.8. The molecule has 20 heavy (non-hydrogen) atoms. The molecule has 0 aromatic heterocycles. The zero-order valence-corrected chi connectivity index (χ0v) is 12.5. The Labute approximate surface area is 117 Å². The predicted octanol–water partition coefficient (Wildman–Crippen LogP) is 1.51. The molecule has 0 amide bonds. The minimum absolute atomic E-state index is 0.00392. The van der Waals surface area contributed by atoms with Crippen LogP contribution < -0.4 is 10.5 Å². The molecule has 0 fully saturated rings. The highest BCUT2D eigenvalue weighted by Crippen LogP contribution is 2.49. The fraction of sp³-hybridized carbons (Fsp3) is 0.417. The van der Waals surface area contributed by atoms with E-state index < -0.39 is 19.3 Å². The van der Waals surface area contributed by atoms with E-state index in [0.29, 0.717) is 5.75 Å². The molecule has 0 radical (unpaired) electrons. The van der Waals surface area contributed by atoms with E-state index in [9.17, 15) is 9.36 Å². The zero-order valence-electron chi connectivity index (χ0n) is 11.6. The lowest BCUT2D eigenvalue weighted by Crippen LogP contribution is -2.33. The summed E-state index contributed by atoms with van der Waals surface area (Å²) in [6.07, 6.45) is 0. The molecule has 1 atom stereocenters. The third-order valence-corrected chi connectivity index (χ3v) is 4.54. The maximum atomic E-state index is 11.9. The van der Waals surface area contributed by atoms with E-state index in [2.05, 4.69) is 9.05 Å². The van der Waals surface area contributed by atoms with Gasteiger partial charge in [0.2, 0.25) is 5.78 Å². The second kappa shape index (κ2) is 7.40. The molecule has 0 spiro atoms. The number of methoxy groups -OCH3 is 1. The number of carbonyl (C=O) groups excluding carboxylic acids is 1. The summed E-state index contributed by atoms with van der Waals surface area (Å²) in [4.78, 5) is 11.7. The number of nitrogens with two attached hydrogens (primary N) is 1. The summed E-state index contributed by atoms with van der Waals surface area (Å²) in [5.74, 6) is -1.64. The first-order valence-electron chi connectivity index (χ1n) is 5.73. The summed E-state index contributed by atoms with van der Waals surface area (Å²) in [5, 5.41) is 0. The lowest BCUT2D eigenvalue weighted by Gasteiger charge is -2.19. The summed E-state index contributed by atoms with van der Waals surface area (Å²) < 4.78 is 31.2. The molecule has 1 aromatic carbocycles. The average molecular weight is 303 g/mol. The van der Waals surface area contributed by atoms with E-state index in [1.807, 2.05) is 0 Å². The number of benzene rings is 1. The highest BCUT2D eigenvalue weighted by Gasteiger charge is 2.38. The number of hydrogen-bond donors (Lipinski definition) is 1. The lowest BCUT2D eigenvalue weighted by atomic mass is 10.2. The van der Waals surface area contributed by atoms with Crippen molar-refractivity contribution in [3.8, 4) is 5.75 Å². The van der Waals surface area contributed by atoms with Gasteiger partial charge in [0.1, 0.15) is 12.4 Å². The van der Waals surface area contributed by atoms with E-state index in [4.69, 9.17) is 15.2 Å². The molecule has 1 aromatic rings. The maximum Gasteiger partial charge on any atom is 0.358 e. The Morgan fingerprint density at radius 3 is 2.20 bits per heavy atom. The number of esters is 1. The van der Waals surface area contributed by atoms with Gasteiger partial charge in [-0.25, -0.2) is 4.79 Å².